The van der Waals surface area contributed by atoms with Gasteiger partial charge in [0.2, 0.25) is 0 Å². The van der Waals surface area contributed by atoms with E-state index in [9.17, 15) is 5.11 Å². The highest BCUT2D eigenvalue weighted by atomic mass is 16.3. The summed E-state index contributed by atoms with van der Waals surface area (Å²) in [5.74, 6) is 0.437. The first-order valence-electron chi connectivity index (χ1n) is 6.28. The molecule has 2 heteroatoms. The third-order valence-corrected chi connectivity index (χ3v) is 3.87. The van der Waals surface area contributed by atoms with Gasteiger partial charge in [-0.15, -0.1) is 0 Å². The van der Waals surface area contributed by atoms with Gasteiger partial charge in [-0.25, -0.2) is 0 Å². The molecule has 2 rings (SSSR count). The van der Waals surface area contributed by atoms with Gasteiger partial charge in [0, 0.05) is 5.54 Å². The van der Waals surface area contributed by atoms with Crippen LogP contribution in [-0.2, 0) is 6.42 Å². The van der Waals surface area contributed by atoms with Crippen molar-refractivity contribution >= 4 is 0 Å². The number of nitrogens with one attached hydrogen (secondary N) is 1. The molecule has 0 bridgehead atoms. The predicted octanol–water partition coefficient (Wildman–Crippen LogP) is 2.86. The zero-order valence-corrected chi connectivity index (χ0v) is 10.00. The number of phenolic OH excluding ortho intramolecular Hbond substituents is 1. The maximum Gasteiger partial charge on any atom is 0.118 e. The van der Waals surface area contributed by atoms with Crippen molar-refractivity contribution in [2.24, 2.45) is 0 Å². The lowest BCUT2D eigenvalue weighted by Crippen LogP contribution is -2.39. The molecule has 0 aromatic heterocycles. The van der Waals surface area contributed by atoms with Gasteiger partial charge < -0.3 is 10.4 Å². The Balaban J connectivity index is 1.98. The SMILES string of the molecule is CCC1(CCc2ccccc2O)CCCN1. The normalized spacial score (nSPS) is 24.8. The Bertz CT molecular complexity index is 342. The molecule has 2 N–H and O–H groups in total. The molecule has 0 saturated carbocycles. The van der Waals surface area contributed by atoms with Crippen molar-refractivity contribution in [2.45, 2.75) is 44.6 Å². The first kappa shape index (κ1) is 11.5. The minimum atomic E-state index is 0.322. The molecule has 1 heterocycles. The van der Waals surface area contributed by atoms with E-state index >= 15 is 0 Å². The highest BCUT2D eigenvalue weighted by molar-refractivity contribution is 5.32. The summed E-state index contributed by atoms with van der Waals surface area (Å²) in [5, 5.41) is 13.3. The number of phenols is 1. The molecule has 1 atom stereocenters. The van der Waals surface area contributed by atoms with E-state index in [1.54, 1.807) is 6.07 Å². The minimum Gasteiger partial charge on any atom is -0.508 e. The lowest BCUT2D eigenvalue weighted by atomic mass is 9.87. The van der Waals surface area contributed by atoms with Crippen LogP contribution in [0.15, 0.2) is 24.3 Å². The van der Waals surface area contributed by atoms with Gasteiger partial charge in [-0.05, 0) is 50.3 Å². The standard InChI is InChI=1S/C14H21NO/c1-2-14(9-5-11-15-14)10-8-12-6-3-4-7-13(12)16/h3-4,6-7,15-16H,2,5,8-11H2,1H3. The average Bonchev–Trinajstić information content (AvgIpc) is 2.78. The summed E-state index contributed by atoms with van der Waals surface area (Å²) < 4.78 is 0. The largest absolute Gasteiger partial charge is 0.508 e. The summed E-state index contributed by atoms with van der Waals surface area (Å²) in [6.45, 7) is 3.40. The van der Waals surface area contributed by atoms with Gasteiger partial charge in [-0.3, -0.25) is 0 Å². The Morgan fingerprint density at radius 2 is 2.19 bits per heavy atom. The second-order valence-electron chi connectivity index (χ2n) is 4.79. The smallest absolute Gasteiger partial charge is 0.118 e. The van der Waals surface area contributed by atoms with Gasteiger partial charge in [-0.1, -0.05) is 25.1 Å². The third kappa shape index (κ3) is 2.38. The van der Waals surface area contributed by atoms with Crippen LogP contribution < -0.4 is 5.32 Å². The maximum absolute atomic E-state index is 9.72. The van der Waals surface area contributed by atoms with Gasteiger partial charge in [0.25, 0.3) is 0 Å². The van der Waals surface area contributed by atoms with Gasteiger partial charge in [-0.2, -0.15) is 0 Å². The van der Waals surface area contributed by atoms with Crippen LogP contribution in [0.1, 0.15) is 38.2 Å². The molecule has 1 aliphatic rings. The van der Waals surface area contributed by atoms with E-state index in [0.29, 0.717) is 11.3 Å². The van der Waals surface area contributed by atoms with Gasteiger partial charge in [0.05, 0.1) is 0 Å². The van der Waals surface area contributed by atoms with Gasteiger partial charge >= 0.3 is 0 Å². The van der Waals surface area contributed by atoms with E-state index in [4.69, 9.17) is 0 Å². The van der Waals surface area contributed by atoms with Crippen LogP contribution in [0.25, 0.3) is 0 Å². The topological polar surface area (TPSA) is 32.3 Å². The highest BCUT2D eigenvalue weighted by Gasteiger charge is 2.30. The molecule has 2 nitrogen and oxygen atoms in total. The molecule has 1 aliphatic heterocycles. The summed E-state index contributed by atoms with van der Waals surface area (Å²) in [7, 11) is 0. The number of hydrogen-bond acceptors (Lipinski definition) is 2. The fourth-order valence-electron chi connectivity index (χ4n) is 2.66. The average molecular weight is 219 g/mol. The second kappa shape index (κ2) is 4.88. The summed E-state index contributed by atoms with van der Waals surface area (Å²) in [4.78, 5) is 0. The molecule has 1 aromatic carbocycles. The van der Waals surface area contributed by atoms with Crippen molar-refractivity contribution in [2.75, 3.05) is 6.54 Å². The molecule has 1 saturated heterocycles. The summed E-state index contributed by atoms with van der Waals surface area (Å²) in [5.41, 5.74) is 1.39. The van der Waals surface area contributed by atoms with Crippen LogP contribution in [0.4, 0.5) is 0 Å². The maximum atomic E-state index is 9.72. The fourth-order valence-corrected chi connectivity index (χ4v) is 2.66. The summed E-state index contributed by atoms with van der Waals surface area (Å²) in [6.07, 6.45) is 5.83. The monoisotopic (exact) mass is 219 g/mol. The van der Waals surface area contributed by atoms with Crippen LogP contribution in [0.2, 0.25) is 0 Å². The minimum absolute atomic E-state index is 0.322. The van der Waals surface area contributed by atoms with Crippen molar-refractivity contribution in [1.29, 1.82) is 0 Å². The van der Waals surface area contributed by atoms with Crippen LogP contribution in [-0.4, -0.2) is 17.2 Å². The van der Waals surface area contributed by atoms with Crippen LogP contribution in [0.3, 0.4) is 0 Å². The zero-order valence-electron chi connectivity index (χ0n) is 10.00. The van der Waals surface area contributed by atoms with E-state index in [0.717, 1.165) is 24.9 Å². The number of para-hydroxylation sites is 1. The van der Waals surface area contributed by atoms with Crippen molar-refractivity contribution in [3.8, 4) is 5.75 Å². The van der Waals surface area contributed by atoms with Crippen molar-refractivity contribution in [1.82, 2.24) is 5.32 Å². The number of hydrogen-bond donors (Lipinski definition) is 2. The van der Waals surface area contributed by atoms with Crippen molar-refractivity contribution < 1.29 is 5.11 Å². The second-order valence-corrected chi connectivity index (χ2v) is 4.79. The molecule has 0 amide bonds. The first-order chi connectivity index (χ1) is 7.76. The molecule has 16 heavy (non-hydrogen) atoms. The van der Waals surface area contributed by atoms with Gasteiger partial charge in [0.1, 0.15) is 5.75 Å². The molecule has 0 aliphatic carbocycles. The molecular formula is C14H21NO. The number of rotatable bonds is 4. The third-order valence-electron chi connectivity index (χ3n) is 3.87. The van der Waals surface area contributed by atoms with Crippen molar-refractivity contribution in [3.05, 3.63) is 29.8 Å². The van der Waals surface area contributed by atoms with Crippen LogP contribution >= 0.6 is 0 Å². The van der Waals surface area contributed by atoms with E-state index < -0.39 is 0 Å². The molecular weight excluding hydrogens is 198 g/mol. The molecule has 1 aromatic rings. The van der Waals surface area contributed by atoms with Crippen LogP contribution in [0.5, 0.6) is 5.75 Å². The predicted molar refractivity (Wildman–Crippen MR) is 66.7 cm³/mol. The lowest BCUT2D eigenvalue weighted by Gasteiger charge is -2.28. The zero-order chi connectivity index (χ0) is 11.4. The molecule has 1 fully saturated rings. The Morgan fingerprint density at radius 3 is 2.81 bits per heavy atom. The molecule has 0 radical (unpaired) electrons. The lowest BCUT2D eigenvalue weighted by molar-refractivity contribution is 0.334. The van der Waals surface area contributed by atoms with E-state index in [-0.39, 0.29) is 0 Å². The van der Waals surface area contributed by atoms with E-state index in [1.165, 1.54) is 19.3 Å². The summed E-state index contributed by atoms with van der Waals surface area (Å²) >= 11 is 0. The van der Waals surface area contributed by atoms with Crippen molar-refractivity contribution in [3.63, 3.8) is 0 Å². The molecule has 0 spiro atoms. The Kier molecular flexibility index (Phi) is 3.49. The number of benzene rings is 1. The fraction of sp³-hybridized carbons (Fsp3) is 0.571. The van der Waals surface area contributed by atoms with E-state index in [1.807, 2.05) is 18.2 Å². The van der Waals surface area contributed by atoms with Gasteiger partial charge in [0.15, 0.2) is 0 Å². The highest BCUT2D eigenvalue weighted by Crippen LogP contribution is 2.29. The van der Waals surface area contributed by atoms with Crippen LogP contribution in [0, 0.1) is 0 Å². The Hall–Kier alpha value is -1.02. The molecule has 88 valence electrons. The Labute approximate surface area is 97.7 Å². The number of aryl methyl sites for hydroxylation is 1. The Morgan fingerprint density at radius 1 is 1.38 bits per heavy atom. The quantitative estimate of drug-likeness (QED) is 0.816. The molecule has 1 unspecified atom stereocenters. The first-order valence-corrected chi connectivity index (χ1v) is 6.28. The number of aromatic hydroxyl groups is 1. The summed E-state index contributed by atoms with van der Waals surface area (Å²) in [6, 6.07) is 7.67. The van der Waals surface area contributed by atoms with E-state index in [2.05, 4.69) is 12.2 Å².